The van der Waals surface area contributed by atoms with Gasteiger partial charge in [0.15, 0.2) is 5.76 Å². The number of rotatable bonds is 8. The normalized spacial score (nSPS) is 13.3. The van der Waals surface area contributed by atoms with Crippen LogP contribution in [0.1, 0.15) is 41.4 Å². The molecule has 3 heterocycles. The first-order chi connectivity index (χ1) is 13.3. The number of furan rings is 1. The molecule has 27 heavy (non-hydrogen) atoms. The van der Waals surface area contributed by atoms with Gasteiger partial charge in [0.2, 0.25) is 5.95 Å². The standard InChI is InChI=1S/C20H21N5O2/c26-19(17-3-1-12-27-17)22-8-2-9-23-20-24-13-16(14-6-10-21-11-7-14)18(25-20)15-4-5-15/h1,3,6-7,10-13,15H,2,4-5,8-9H2,(H,22,26)(H,23,24,25). The molecule has 2 N–H and O–H groups in total. The van der Waals surface area contributed by atoms with Gasteiger partial charge in [0.05, 0.1) is 12.0 Å². The second-order valence-electron chi connectivity index (χ2n) is 6.52. The van der Waals surface area contributed by atoms with E-state index in [9.17, 15) is 4.79 Å². The van der Waals surface area contributed by atoms with Crippen molar-refractivity contribution in [3.8, 4) is 11.1 Å². The highest BCUT2D eigenvalue weighted by molar-refractivity contribution is 5.91. The van der Waals surface area contributed by atoms with Crippen LogP contribution in [0.5, 0.6) is 0 Å². The average Bonchev–Trinajstić information content (AvgIpc) is 3.41. The van der Waals surface area contributed by atoms with E-state index in [2.05, 4.69) is 20.6 Å². The lowest BCUT2D eigenvalue weighted by atomic mass is 10.0. The van der Waals surface area contributed by atoms with E-state index in [1.54, 1.807) is 24.5 Å². The zero-order valence-electron chi connectivity index (χ0n) is 14.9. The first kappa shape index (κ1) is 17.2. The zero-order chi connectivity index (χ0) is 18.5. The number of hydrogen-bond acceptors (Lipinski definition) is 6. The fourth-order valence-electron chi connectivity index (χ4n) is 2.89. The van der Waals surface area contributed by atoms with Gasteiger partial charge in [-0.05, 0) is 49.1 Å². The smallest absolute Gasteiger partial charge is 0.286 e. The molecular weight excluding hydrogens is 342 g/mol. The molecule has 0 bridgehead atoms. The summed E-state index contributed by atoms with van der Waals surface area (Å²) < 4.78 is 5.06. The van der Waals surface area contributed by atoms with Gasteiger partial charge >= 0.3 is 0 Å². The molecule has 138 valence electrons. The van der Waals surface area contributed by atoms with Crippen LogP contribution in [-0.4, -0.2) is 33.9 Å². The monoisotopic (exact) mass is 363 g/mol. The molecule has 0 aliphatic heterocycles. The Morgan fingerprint density at radius 2 is 2.04 bits per heavy atom. The maximum atomic E-state index is 11.8. The summed E-state index contributed by atoms with van der Waals surface area (Å²) in [6, 6.07) is 7.31. The van der Waals surface area contributed by atoms with Crippen LogP contribution in [0.2, 0.25) is 0 Å². The number of anilines is 1. The quantitative estimate of drug-likeness (QED) is 0.597. The minimum absolute atomic E-state index is 0.200. The summed E-state index contributed by atoms with van der Waals surface area (Å²) in [5, 5.41) is 6.07. The maximum absolute atomic E-state index is 11.8. The minimum atomic E-state index is -0.200. The lowest BCUT2D eigenvalue weighted by Crippen LogP contribution is -2.25. The van der Waals surface area contributed by atoms with Crippen LogP contribution < -0.4 is 10.6 Å². The maximum Gasteiger partial charge on any atom is 0.286 e. The van der Waals surface area contributed by atoms with Gasteiger partial charge in [-0.3, -0.25) is 9.78 Å². The van der Waals surface area contributed by atoms with Crippen molar-refractivity contribution < 1.29 is 9.21 Å². The van der Waals surface area contributed by atoms with Crippen molar-refractivity contribution in [2.75, 3.05) is 18.4 Å². The molecule has 0 unspecified atom stereocenters. The van der Waals surface area contributed by atoms with Gasteiger partial charge in [-0.15, -0.1) is 0 Å². The van der Waals surface area contributed by atoms with Crippen molar-refractivity contribution in [1.29, 1.82) is 0 Å². The van der Waals surface area contributed by atoms with Crippen molar-refractivity contribution in [2.45, 2.75) is 25.2 Å². The molecule has 3 aromatic rings. The zero-order valence-corrected chi connectivity index (χ0v) is 14.9. The first-order valence-electron chi connectivity index (χ1n) is 9.14. The molecule has 1 aliphatic rings. The Hall–Kier alpha value is -3.22. The largest absolute Gasteiger partial charge is 0.459 e. The molecule has 0 radical (unpaired) electrons. The van der Waals surface area contributed by atoms with E-state index < -0.39 is 0 Å². The molecular formula is C20H21N5O2. The van der Waals surface area contributed by atoms with Crippen LogP contribution in [0.15, 0.2) is 53.5 Å². The highest BCUT2D eigenvalue weighted by atomic mass is 16.3. The molecule has 4 rings (SSSR count). The first-order valence-corrected chi connectivity index (χ1v) is 9.14. The Morgan fingerprint density at radius 1 is 1.19 bits per heavy atom. The molecule has 3 aromatic heterocycles. The summed E-state index contributed by atoms with van der Waals surface area (Å²) in [5.74, 6) is 1.28. The summed E-state index contributed by atoms with van der Waals surface area (Å²) in [6.45, 7) is 1.23. The fourth-order valence-corrected chi connectivity index (χ4v) is 2.89. The van der Waals surface area contributed by atoms with E-state index >= 15 is 0 Å². The van der Waals surface area contributed by atoms with Gasteiger partial charge in [0.1, 0.15) is 0 Å². The summed E-state index contributed by atoms with van der Waals surface area (Å²) >= 11 is 0. The van der Waals surface area contributed by atoms with Crippen LogP contribution in [0, 0.1) is 0 Å². The molecule has 0 atom stereocenters. The predicted octanol–water partition coefficient (Wildman–Crippen LogP) is 3.24. The minimum Gasteiger partial charge on any atom is -0.459 e. The molecule has 0 spiro atoms. The third kappa shape index (κ3) is 4.31. The van der Waals surface area contributed by atoms with Crippen molar-refractivity contribution in [3.05, 3.63) is 60.6 Å². The Kier molecular flexibility index (Phi) is 5.09. The second kappa shape index (κ2) is 7.99. The Labute approximate surface area is 157 Å². The fraction of sp³-hybridized carbons (Fsp3) is 0.300. The SMILES string of the molecule is O=C(NCCCNc1ncc(-c2ccncc2)c(C2CC2)n1)c1ccco1. The van der Waals surface area contributed by atoms with Gasteiger partial charge in [-0.2, -0.15) is 0 Å². The second-order valence-corrected chi connectivity index (χ2v) is 6.52. The van der Waals surface area contributed by atoms with Crippen LogP contribution in [-0.2, 0) is 0 Å². The van der Waals surface area contributed by atoms with Gasteiger partial charge in [-0.25, -0.2) is 9.97 Å². The molecule has 0 aromatic carbocycles. The van der Waals surface area contributed by atoms with Gasteiger partial charge < -0.3 is 15.1 Å². The van der Waals surface area contributed by atoms with Gasteiger partial charge in [0, 0.05) is 43.2 Å². The summed E-state index contributed by atoms with van der Waals surface area (Å²) in [7, 11) is 0. The highest BCUT2D eigenvalue weighted by Gasteiger charge is 2.28. The molecule has 1 fully saturated rings. The third-order valence-electron chi connectivity index (χ3n) is 4.44. The summed E-state index contributed by atoms with van der Waals surface area (Å²) in [4.78, 5) is 25.1. The number of carbonyl (C=O) groups excluding carboxylic acids is 1. The third-order valence-corrected chi connectivity index (χ3v) is 4.44. The van der Waals surface area contributed by atoms with Gasteiger partial charge in [-0.1, -0.05) is 0 Å². The molecule has 1 saturated carbocycles. The predicted molar refractivity (Wildman–Crippen MR) is 101 cm³/mol. The van der Waals surface area contributed by atoms with Gasteiger partial charge in [0.25, 0.3) is 5.91 Å². The van der Waals surface area contributed by atoms with Crippen molar-refractivity contribution in [1.82, 2.24) is 20.3 Å². The van der Waals surface area contributed by atoms with E-state index in [1.807, 2.05) is 18.3 Å². The van der Waals surface area contributed by atoms with E-state index in [0.717, 1.165) is 23.2 Å². The number of amides is 1. The van der Waals surface area contributed by atoms with Crippen LogP contribution in [0.3, 0.4) is 0 Å². The number of nitrogens with one attached hydrogen (secondary N) is 2. The highest BCUT2D eigenvalue weighted by Crippen LogP contribution is 2.43. The van der Waals surface area contributed by atoms with E-state index in [-0.39, 0.29) is 5.91 Å². The Balaban J connectivity index is 1.32. The van der Waals surface area contributed by atoms with E-state index in [1.165, 1.54) is 19.1 Å². The molecule has 1 amide bonds. The number of carbonyl (C=O) groups is 1. The molecule has 1 aliphatic carbocycles. The van der Waals surface area contributed by atoms with Crippen molar-refractivity contribution in [3.63, 3.8) is 0 Å². The number of aromatic nitrogens is 3. The Bertz CT molecular complexity index is 892. The van der Waals surface area contributed by atoms with E-state index in [4.69, 9.17) is 9.40 Å². The molecule has 7 heteroatoms. The lowest BCUT2D eigenvalue weighted by Gasteiger charge is -2.11. The summed E-state index contributed by atoms with van der Waals surface area (Å²) in [5.41, 5.74) is 3.28. The van der Waals surface area contributed by atoms with Crippen LogP contribution >= 0.6 is 0 Å². The van der Waals surface area contributed by atoms with Crippen LogP contribution in [0.4, 0.5) is 5.95 Å². The average molecular weight is 363 g/mol. The molecule has 0 saturated heterocycles. The molecule has 7 nitrogen and oxygen atoms in total. The summed E-state index contributed by atoms with van der Waals surface area (Å²) in [6.07, 6.45) is 10.1. The van der Waals surface area contributed by atoms with Crippen LogP contribution in [0.25, 0.3) is 11.1 Å². The number of pyridine rings is 1. The van der Waals surface area contributed by atoms with Crippen molar-refractivity contribution in [2.24, 2.45) is 0 Å². The topological polar surface area (TPSA) is 92.9 Å². The van der Waals surface area contributed by atoms with E-state index in [0.29, 0.717) is 30.7 Å². The number of hydrogen-bond donors (Lipinski definition) is 2. The van der Waals surface area contributed by atoms with Crippen molar-refractivity contribution >= 4 is 11.9 Å². The Morgan fingerprint density at radius 3 is 2.78 bits per heavy atom. The lowest BCUT2D eigenvalue weighted by molar-refractivity contribution is 0.0926. The number of nitrogens with zero attached hydrogens (tertiary/aromatic N) is 3.